The van der Waals surface area contributed by atoms with Crippen molar-refractivity contribution < 1.29 is 9.90 Å². The molecule has 1 aliphatic heterocycles. The Hall–Kier alpha value is -1.71. The van der Waals surface area contributed by atoms with E-state index in [2.05, 4.69) is 10.6 Å². The van der Waals surface area contributed by atoms with Gasteiger partial charge in [-0.3, -0.25) is 4.79 Å². The van der Waals surface area contributed by atoms with E-state index in [0.717, 1.165) is 37.1 Å². The molecule has 0 unspecified atom stereocenters. The van der Waals surface area contributed by atoms with Crippen molar-refractivity contribution in [3.05, 3.63) is 18.2 Å². The van der Waals surface area contributed by atoms with Gasteiger partial charge in [-0.1, -0.05) is 12.8 Å². The second kappa shape index (κ2) is 3.65. The highest BCUT2D eigenvalue weighted by Gasteiger charge is 2.42. The van der Waals surface area contributed by atoms with Crippen LogP contribution in [0.3, 0.4) is 0 Å². The Morgan fingerprint density at radius 3 is 2.71 bits per heavy atom. The van der Waals surface area contributed by atoms with Gasteiger partial charge in [0.1, 0.15) is 5.75 Å². The molecule has 90 valence electrons. The highest BCUT2D eigenvalue weighted by molar-refractivity contribution is 6.00. The maximum atomic E-state index is 12.3. The molecule has 1 aromatic carbocycles. The summed E-state index contributed by atoms with van der Waals surface area (Å²) in [5.74, 6) is 0.333. The maximum absolute atomic E-state index is 12.3. The van der Waals surface area contributed by atoms with Crippen molar-refractivity contribution in [3.63, 3.8) is 0 Å². The van der Waals surface area contributed by atoms with Crippen molar-refractivity contribution in [3.8, 4) is 5.75 Å². The summed E-state index contributed by atoms with van der Waals surface area (Å²) in [6, 6.07) is 4.99. The van der Waals surface area contributed by atoms with Crippen molar-refractivity contribution in [2.24, 2.45) is 5.41 Å². The standard InChI is InChI=1S/C13H16N2O2/c16-9-3-4-10-11(7-9)14-8-13(12(17)15-10)5-1-2-6-13/h3-4,7,14,16H,1-2,5-6,8H2,(H,15,17). The van der Waals surface area contributed by atoms with Crippen LogP contribution in [0.5, 0.6) is 5.75 Å². The number of phenols is 1. The van der Waals surface area contributed by atoms with Gasteiger partial charge in [0.05, 0.1) is 16.8 Å². The molecular weight excluding hydrogens is 216 g/mol. The van der Waals surface area contributed by atoms with Crippen LogP contribution in [0.4, 0.5) is 11.4 Å². The van der Waals surface area contributed by atoms with Crippen LogP contribution in [-0.4, -0.2) is 17.6 Å². The number of fused-ring (bicyclic) bond motifs is 1. The molecule has 3 rings (SSSR count). The fraction of sp³-hybridized carbons (Fsp3) is 0.462. The van der Waals surface area contributed by atoms with Gasteiger partial charge in [-0.05, 0) is 25.0 Å². The molecule has 0 bridgehead atoms. The third-order valence-corrected chi connectivity index (χ3v) is 3.91. The normalized spacial score (nSPS) is 21.5. The summed E-state index contributed by atoms with van der Waals surface area (Å²) in [5, 5.41) is 15.7. The van der Waals surface area contributed by atoms with Gasteiger partial charge in [-0.15, -0.1) is 0 Å². The molecule has 0 radical (unpaired) electrons. The number of aromatic hydroxyl groups is 1. The van der Waals surface area contributed by atoms with E-state index in [1.54, 1.807) is 18.2 Å². The van der Waals surface area contributed by atoms with Crippen LogP contribution in [-0.2, 0) is 4.79 Å². The Bertz CT molecular complexity index is 464. The Kier molecular flexibility index (Phi) is 2.24. The van der Waals surface area contributed by atoms with Gasteiger partial charge in [-0.2, -0.15) is 0 Å². The quantitative estimate of drug-likeness (QED) is 0.601. The van der Waals surface area contributed by atoms with E-state index in [9.17, 15) is 9.90 Å². The molecule has 1 saturated carbocycles. The van der Waals surface area contributed by atoms with E-state index in [4.69, 9.17) is 0 Å². The number of rotatable bonds is 0. The minimum absolute atomic E-state index is 0.118. The van der Waals surface area contributed by atoms with Crippen molar-refractivity contribution in [2.45, 2.75) is 25.7 Å². The average molecular weight is 232 g/mol. The van der Waals surface area contributed by atoms with Crippen LogP contribution in [0.25, 0.3) is 0 Å². The molecule has 0 aromatic heterocycles. The van der Waals surface area contributed by atoms with Crippen LogP contribution in [0.15, 0.2) is 18.2 Å². The molecule has 1 aliphatic carbocycles. The lowest BCUT2D eigenvalue weighted by Crippen LogP contribution is -2.37. The first-order valence-corrected chi connectivity index (χ1v) is 6.08. The zero-order valence-electron chi connectivity index (χ0n) is 9.62. The molecule has 0 saturated heterocycles. The Morgan fingerprint density at radius 2 is 1.94 bits per heavy atom. The van der Waals surface area contributed by atoms with E-state index in [0.29, 0.717) is 6.54 Å². The van der Waals surface area contributed by atoms with E-state index < -0.39 is 0 Å². The van der Waals surface area contributed by atoms with Crippen LogP contribution < -0.4 is 10.6 Å². The summed E-state index contributed by atoms with van der Waals surface area (Å²) in [6.45, 7) is 0.662. The van der Waals surface area contributed by atoms with Crippen LogP contribution in [0.2, 0.25) is 0 Å². The topological polar surface area (TPSA) is 61.4 Å². The first-order valence-electron chi connectivity index (χ1n) is 6.08. The molecule has 0 atom stereocenters. The minimum atomic E-state index is -0.255. The SMILES string of the molecule is O=C1Nc2ccc(O)cc2NCC12CCCC2. The molecular formula is C13H16N2O2. The van der Waals surface area contributed by atoms with Crippen molar-refractivity contribution in [1.82, 2.24) is 0 Å². The zero-order valence-corrected chi connectivity index (χ0v) is 9.62. The van der Waals surface area contributed by atoms with Crippen molar-refractivity contribution >= 4 is 17.3 Å². The lowest BCUT2D eigenvalue weighted by Gasteiger charge is -2.24. The smallest absolute Gasteiger partial charge is 0.232 e. The molecule has 1 aromatic rings. The van der Waals surface area contributed by atoms with E-state index in [1.807, 2.05) is 0 Å². The largest absolute Gasteiger partial charge is 0.508 e. The Labute approximate surface area is 100 Å². The van der Waals surface area contributed by atoms with E-state index in [1.165, 1.54) is 0 Å². The van der Waals surface area contributed by atoms with E-state index >= 15 is 0 Å². The summed E-state index contributed by atoms with van der Waals surface area (Å²) >= 11 is 0. The van der Waals surface area contributed by atoms with Crippen LogP contribution in [0, 0.1) is 5.41 Å². The summed E-state index contributed by atoms with van der Waals surface area (Å²) in [5.41, 5.74) is 1.31. The van der Waals surface area contributed by atoms with Gasteiger partial charge < -0.3 is 15.7 Å². The fourth-order valence-corrected chi connectivity index (χ4v) is 2.84. The lowest BCUT2D eigenvalue weighted by molar-refractivity contribution is -0.124. The number of benzene rings is 1. The highest BCUT2D eigenvalue weighted by Crippen LogP contribution is 2.42. The number of nitrogens with one attached hydrogen (secondary N) is 2. The number of carbonyl (C=O) groups is 1. The molecule has 2 aliphatic rings. The van der Waals surface area contributed by atoms with Gasteiger partial charge in [0.25, 0.3) is 0 Å². The lowest BCUT2D eigenvalue weighted by atomic mass is 9.85. The molecule has 1 heterocycles. The summed E-state index contributed by atoms with van der Waals surface area (Å²) < 4.78 is 0. The van der Waals surface area contributed by atoms with Crippen molar-refractivity contribution in [1.29, 1.82) is 0 Å². The number of hydrogen-bond donors (Lipinski definition) is 3. The third kappa shape index (κ3) is 1.64. The molecule has 1 amide bonds. The molecule has 17 heavy (non-hydrogen) atoms. The predicted octanol–water partition coefficient (Wildman–Crippen LogP) is 2.32. The van der Waals surface area contributed by atoms with Crippen molar-refractivity contribution in [2.75, 3.05) is 17.2 Å². The number of hydrogen-bond acceptors (Lipinski definition) is 3. The zero-order chi connectivity index (χ0) is 11.9. The van der Waals surface area contributed by atoms with Gasteiger partial charge in [0.2, 0.25) is 5.91 Å². The van der Waals surface area contributed by atoms with Crippen LogP contribution >= 0.6 is 0 Å². The number of phenolic OH excluding ortho intramolecular Hbond substituents is 1. The number of amides is 1. The average Bonchev–Trinajstić information content (AvgIpc) is 2.74. The summed E-state index contributed by atoms with van der Waals surface area (Å²) in [4.78, 5) is 12.3. The minimum Gasteiger partial charge on any atom is -0.508 e. The molecule has 4 nitrogen and oxygen atoms in total. The first kappa shape index (κ1) is 10.4. The van der Waals surface area contributed by atoms with Crippen LogP contribution in [0.1, 0.15) is 25.7 Å². The molecule has 1 spiro atoms. The van der Waals surface area contributed by atoms with E-state index in [-0.39, 0.29) is 17.1 Å². The molecule has 1 fully saturated rings. The number of carbonyl (C=O) groups excluding carboxylic acids is 1. The monoisotopic (exact) mass is 232 g/mol. The first-order chi connectivity index (χ1) is 8.20. The number of anilines is 2. The Balaban J connectivity index is 1.96. The summed E-state index contributed by atoms with van der Waals surface area (Å²) in [7, 11) is 0. The van der Waals surface area contributed by atoms with Gasteiger partial charge in [0, 0.05) is 12.6 Å². The van der Waals surface area contributed by atoms with Gasteiger partial charge in [0.15, 0.2) is 0 Å². The van der Waals surface area contributed by atoms with Gasteiger partial charge >= 0.3 is 0 Å². The van der Waals surface area contributed by atoms with Gasteiger partial charge in [-0.25, -0.2) is 0 Å². The highest BCUT2D eigenvalue weighted by atomic mass is 16.3. The molecule has 4 heteroatoms. The molecule has 3 N–H and O–H groups in total. The third-order valence-electron chi connectivity index (χ3n) is 3.91. The maximum Gasteiger partial charge on any atom is 0.232 e. The second-order valence-electron chi connectivity index (χ2n) is 5.03. The second-order valence-corrected chi connectivity index (χ2v) is 5.03. The predicted molar refractivity (Wildman–Crippen MR) is 66.1 cm³/mol. The fourth-order valence-electron chi connectivity index (χ4n) is 2.84. The summed E-state index contributed by atoms with van der Waals surface area (Å²) in [6.07, 6.45) is 4.14. The Morgan fingerprint density at radius 1 is 1.18 bits per heavy atom.